The summed E-state index contributed by atoms with van der Waals surface area (Å²) in [5.41, 5.74) is 1.36. The number of alkyl carbamates (subject to hydrolysis) is 1. The Hall–Kier alpha value is -2.08. The Morgan fingerprint density at radius 1 is 1.08 bits per heavy atom. The highest BCUT2D eigenvalue weighted by Gasteiger charge is 2.20. The molecule has 0 bridgehead atoms. The molecule has 0 spiro atoms. The lowest BCUT2D eigenvalue weighted by Crippen LogP contribution is -2.44. The van der Waals surface area contributed by atoms with Crippen LogP contribution < -0.4 is 10.2 Å². The zero-order chi connectivity index (χ0) is 18.3. The first kappa shape index (κ1) is 20.0. The molecular formula is C18H29N3O3. The second-order valence-electron chi connectivity index (χ2n) is 7.04. The SMILES string of the molecule is Cc1ccc(N(CCN(C)C)C(=O)CNC(=O)OC(C)(C)C)cc1. The van der Waals surface area contributed by atoms with Gasteiger partial charge in [0.05, 0.1) is 0 Å². The van der Waals surface area contributed by atoms with Gasteiger partial charge in [0.15, 0.2) is 0 Å². The predicted octanol–water partition coefficient (Wildman–Crippen LogP) is 2.41. The summed E-state index contributed by atoms with van der Waals surface area (Å²) in [7, 11) is 3.91. The van der Waals surface area contributed by atoms with E-state index in [2.05, 4.69) is 5.32 Å². The second-order valence-corrected chi connectivity index (χ2v) is 7.04. The number of nitrogens with zero attached hydrogens (tertiary/aromatic N) is 2. The minimum atomic E-state index is -0.590. The van der Waals surface area contributed by atoms with Crippen LogP contribution >= 0.6 is 0 Å². The van der Waals surface area contributed by atoms with E-state index in [9.17, 15) is 9.59 Å². The van der Waals surface area contributed by atoms with Crippen molar-refractivity contribution in [1.82, 2.24) is 10.2 Å². The van der Waals surface area contributed by atoms with E-state index in [1.807, 2.05) is 50.2 Å². The molecule has 0 aliphatic heterocycles. The van der Waals surface area contributed by atoms with Crippen molar-refractivity contribution in [2.45, 2.75) is 33.3 Å². The van der Waals surface area contributed by atoms with E-state index in [0.29, 0.717) is 6.54 Å². The van der Waals surface area contributed by atoms with Gasteiger partial charge in [-0.05, 0) is 53.9 Å². The normalized spacial score (nSPS) is 11.3. The monoisotopic (exact) mass is 335 g/mol. The maximum absolute atomic E-state index is 12.5. The van der Waals surface area contributed by atoms with Crippen LogP contribution in [0.1, 0.15) is 26.3 Å². The van der Waals surface area contributed by atoms with Gasteiger partial charge in [0.1, 0.15) is 12.1 Å². The molecule has 0 aliphatic rings. The predicted molar refractivity (Wildman–Crippen MR) is 96.3 cm³/mol. The molecule has 1 aromatic rings. The molecule has 0 saturated carbocycles. The molecule has 0 saturated heterocycles. The van der Waals surface area contributed by atoms with Gasteiger partial charge in [0, 0.05) is 18.8 Å². The number of ether oxygens (including phenoxy) is 1. The van der Waals surface area contributed by atoms with Crippen LogP contribution in [0.25, 0.3) is 0 Å². The zero-order valence-electron chi connectivity index (χ0n) is 15.5. The molecule has 0 unspecified atom stereocenters. The summed E-state index contributed by atoms with van der Waals surface area (Å²) in [6.45, 7) is 8.52. The Labute approximate surface area is 144 Å². The van der Waals surface area contributed by atoms with Gasteiger partial charge in [-0.25, -0.2) is 4.79 Å². The van der Waals surface area contributed by atoms with Crippen molar-refractivity contribution in [2.75, 3.05) is 38.6 Å². The van der Waals surface area contributed by atoms with E-state index in [1.54, 1.807) is 25.7 Å². The highest BCUT2D eigenvalue weighted by Crippen LogP contribution is 2.15. The van der Waals surface area contributed by atoms with E-state index >= 15 is 0 Å². The Balaban J connectivity index is 2.73. The largest absolute Gasteiger partial charge is 0.444 e. The van der Waals surface area contributed by atoms with Crippen molar-refractivity contribution >= 4 is 17.7 Å². The van der Waals surface area contributed by atoms with Crippen molar-refractivity contribution in [3.63, 3.8) is 0 Å². The number of benzene rings is 1. The number of nitrogens with one attached hydrogen (secondary N) is 1. The van der Waals surface area contributed by atoms with Crippen LogP contribution in [0.15, 0.2) is 24.3 Å². The van der Waals surface area contributed by atoms with Crippen LogP contribution in [0.2, 0.25) is 0 Å². The molecule has 1 aromatic carbocycles. The average molecular weight is 335 g/mol. The van der Waals surface area contributed by atoms with Crippen molar-refractivity contribution in [2.24, 2.45) is 0 Å². The Kier molecular flexibility index (Phi) is 7.22. The summed E-state index contributed by atoms with van der Waals surface area (Å²) in [6, 6.07) is 7.76. The third-order valence-electron chi connectivity index (χ3n) is 3.20. The maximum atomic E-state index is 12.5. The van der Waals surface area contributed by atoms with Gasteiger partial charge >= 0.3 is 6.09 Å². The number of rotatable bonds is 6. The summed E-state index contributed by atoms with van der Waals surface area (Å²) >= 11 is 0. The fourth-order valence-corrected chi connectivity index (χ4v) is 1.98. The summed E-state index contributed by atoms with van der Waals surface area (Å²) in [4.78, 5) is 28.0. The van der Waals surface area contributed by atoms with Gasteiger partial charge < -0.3 is 19.9 Å². The molecule has 0 radical (unpaired) electrons. The summed E-state index contributed by atoms with van der Waals surface area (Å²) in [5.74, 6) is -0.174. The molecule has 134 valence electrons. The van der Waals surface area contributed by atoms with E-state index < -0.39 is 11.7 Å². The van der Waals surface area contributed by atoms with Crippen LogP contribution in [0.3, 0.4) is 0 Å². The number of carbonyl (C=O) groups excluding carboxylic acids is 2. The standard InChI is InChI=1S/C18H29N3O3/c1-14-7-9-15(10-8-14)21(12-11-20(5)6)16(22)13-19-17(23)24-18(2,3)4/h7-10H,11-13H2,1-6H3,(H,19,23). The molecule has 0 atom stereocenters. The topological polar surface area (TPSA) is 61.9 Å². The van der Waals surface area contributed by atoms with Gasteiger partial charge in [0.2, 0.25) is 5.91 Å². The van der Waals surface area contributed by atoms with E-state index in [1.165, 1.54) is 0 Å². The number of hydrogen-bond donors (Lipinski definition) is 1. The fraction of sp³-hybridized carbons (Fsp3) is 0.556. The van der Waals surface area contributed by atoms with E-state index in [4.69, 9.17) is 4.74 Å². The summed E-state index contributed by atoms with van der Waals surface area (Å²) in [6.07, 6.45) is -0.590. The molecule has 0 aliphatic carbocycles. The van der Waals surface area contributed by atoms with E-state index in [-0.39, 0.29) is 12.5 Å². The Morgan fingerprint density at radius 2 is 1.67 bits per heavy atom. The maximum Gasteiger partial charge on any atom is 0.408 e. The second kappa shape index (κ2) is 8.68. The van der Waals surface area contributed by atoms with Crippen molar-refractivity contribution < 1.29 is 14.3 Å². The molecule has 0 aromatic heterocycles. The Bertz CT molecular complexity index is 548. The van der Waals surface area contributed by atoms with Gasteiger partial charge in [-0.2, -0.15) is 0 Å². The van der Waals surface area contributed by atoms with Crippen LogP contribution in [-0.2, 0) is 9.53 Å². The lowest BCUT2D eigenvalue weighted by atomic mass is 10.2. The molecule has 1 N–H and O–H groups in total. The number of amides is 2. The first-order valence-corrected chi connectivity index (χ1v) is 8.07. The lowest BCUT2D eigenvalue weighted by Gasteiger charge is -2.25. The molecule has 1 rings (SSSR count). The fourth-order valence-electron chi connectivity index (χ4n) is 1.98. The highest BCUT2D eigenvalue weighted by atomic mass is 16.6. The molecule has 6 heteroatoms. The van der Waals surface area contributed by atoms with Crippen LogP contribution in [0.5, 0.6) is 0 Å². The molecule has 6 nitrogen and oxygen atoms in total. The van der Waals surface area contributed by atoms with Gasteiger partial charge in [-0.1, -0.05) is 17.7 Å². The third kappa shape index (κ3) is 7.46. The number of hydrogen-bond acceptors (Lipinski definition) is 4. The zero-order valence-corrected chi connectivity index (χ0v) is 15.5. The van der Waals surface area contributed by atoms with Gasteiger partial charge in [-0.15, -0.1) is 0 Å². The molecular weight excluding hydrogens is 306 g/mol. The lowest BCUT2D eigenvalue weighted by molar-refractivity contribution is -0.117. The first-order chi connectivity index (χ1) is 11.1. The number of likely N-dealkylation sites (N-methyl/N-ethyl adjacent to an activating group) is 1. The van der Waals surface area contributed by atoms with Crippen LogP contribution in [0, 0.1) is 6.92 Å². The highest BCUT2D eigenvalue weighted by molar-refractivity contribution is 5.96. The van der Waals surface area contributed by atoms with E-state index in [0.717, 1.165) is 17.8 Å². The minimum Gasteiger partial charge on any atom is -0.444 e. The number of aryl methyl sites for hydroxylation is 1. The number of carbonyl (C=O) groups is 2. The average Bonchev–Trinajstić information content (AvgIpc) is 2.45. The van der Waals surface area contributed by atoms with Crippen molar-refractivity contribution in [3.8, 4) is 0 Å². The third-order valence-corrected chi connectivity index (χ3v) is 3.20. The molecule has 0 heterocycles. The number of anilines is 1. The molecule has 24 heavy (non-hydrogen) atoms. The smallest absolute Gasteiger partial charge is 0.408 e. The van der Waals surface area contributed by atoms with Crippen LogP contribution in [-0.4, -0.2) is 56.2 Å². The molecule has 0 fully saturated rings. The Morgan fingerprint density at radius 3 is 2.17 bits per heavy atom. The van der Waals surface area contributed by atoms with Crippen LogP contribution in [0.4, 0.5) is 10.5 Å². The van der Waals surface area contributed by atoms with Gasteiger partial charge in [0.25, 0.3) is 0 Å². The minimum absolute atomic E-state index is 0.101. The van der Waals surface area contributed by atoms with Crippen molar-refractivity contribution in [1.29, 1.82) is 0 Å². The summed E-state index contributed by atoms with van der Waals surface area (Å²) in [5, 5.41) is 2.52. The summed E-state index contributed by atoms with van der Waals surface area (Å²) < 4.78 is 5.16. The van der Waals surface area contributed by atoms with Gasteiger partial charge in [-0.3, -0.25) is 4.79 Å². The van der Waals surface area contributed by atoms with Crippen molar-refractivity contribution in [3.05, 3.63) is 29.8 Å². The first-order valence-electron chi connectivity index (χ1n) is 8.07. The molecule has 2 amide bonds. The quantitative estimate of drug-likeness (QED) is 0.867.